The fourth-order valence-corrected chi connectivity index (χ4v) is 4.95. The van der Waals surface area contributed by atoms with Crippen LogP contribution in [0, 0.1) is 0 Å². The second-order valence-electron chi connectivity index (χ2n) is 9.48. The molecule has 2 aliphatic heterocycles. The summed E-state index contributed by atoms with van der Waals surface area (Å²) in [5.74, 6) is 2.33. The number of amides is 1. The quantitative estimate of drug-likeness (QED) is 0.444. The lowest BCUT2D eigenvalue weighted by atomic mass is 10.0. The Morgan fingerprint density at radius 3 is 2.38 bits per heavy atom. The van der Waals surface area contributed by atoms with Gasteiger partial charge in [-0.05, 0) is 61.7 Å². The third-order valence-corrected chi connectivity index (χ3v) is 7.06. The number of anilines is 2. The number of carbonyl (C=O) groups is 1. The normalized spacial score (nSPS) is 19.8. The summed E-state index contributed by atoms with van der Waals surface area (Å²) in [6.07, 6.45) is 5.57. The van der Waals surface area contributed by atoms with Crippen molar-refractivity contribution in [1.82, 2.24) is 21.0 Å². The molecule has 194 valence electrons. The molecule has 2 fully saturated rings. The lowest BCUT2D eigenvalue weighted by molar-refractivity contribution is -0.117. The number of aromatic nitrogens is 2. The maximum Gasteiger partial charge on any atom is 0.242 e. The Bertz CT molecular complexity index is 1190. The highest BCUT2D eigenvalue weighted by atomic mass is 16.5. The smallest absolute Gasteiger partial charge is 0.242 e. The van der Waals surface area contributed by atoms with Gasteiger partial charge < -0.3 is 19.7 Å². The van der Waals surface area contributed by atoms with E-state index in [1.54, 1.807) is 14.2 Å². The summed E-state index contributed by atoms with van der Waals surface area (Å²) in [5.41, 5.74) is 9.76. The van der Waals surface area contributed by atoms with Crippen LogP contribution in [0.5, 0.6) is 11.5 Å². The summed E-state index contributed by atoms with van der Waals surface area (Å²) in [7, 11) is 3.27. The van der Waals surface area contributed by atoms with E-state index in [9.17, 15) is 4.79 Å². The van der Waals surface area contributed by atoms with Crippen molar-refractivity contribution in [3.05, 3.63) is 60.2 Å². The summed E-state index contributed by atoms with van der Waals surface area (Å²) >= 11 is 0. The molecule has 0 bridgehead atoms. The van der Waals surface area contributed by atoms with E-state index in [0.717, 1.165) is 52.9 Å². The summed E-state index contributed by atoms with van der Waals surface area (Å²) in [6, 6.07) is 16.9. The van der Waals surface area contributed by atoms with Gasteiger partial charge in [0.2, 0.25) is 5.91 Å². The van der Waals surface area contributed by atoms with Crippen LogP contribution in [0.2, 0.25) is 0 Å². The van der Waals surface area contributed by atoms with Crippen molar-refractivity contribution in [3.63, 3.8) is 0 Å². The largest absolute Gasteiger partial charge is 0.497 e. The lowest BCUT2D eigenvalue weighted by Gasteiger charge is -2.20. The Morgan fingerprint density at radius 2 is 1.70 bits per heavy atom. The minimum atomic E-state index is -0.391. The van der Waals surface area contributed by atoms with Crippen molar-refractivity contribution in [2.45, 2.75) is 44.2 Å². The summed E-state index contributed by atoms with van der Waals surface area (Å²) in [6.45, 7) is 2.09. The molecule has 9 heteroatoms. The van der Waals surface area contributed by atoms with Crippen LogP contribution in [0.1, 0.15) is 43.7 Å². The van der Waals surface area contributed by atoms with Crippen molar-refractivity contribution >= 4 is 17.4 Å². The van der Waals surface area contributed by atoms with Crippen molar-refractivity contribution in [2.24, 2.45) is 0 Å². The van der Waals surface area contributed by atoms with Crippen molar-refractivity contribution < 1.29 is 14.3 Å². The number of nitrogens with one attached hydrogen (secondary N) is 3. The molecular formula is C28H34N6O3. The number of ether oxygens (including phenoxy) is 2. The Labute approximate surface area is 217 Å². The molecule has 3 N–H and O–H groups in total. The van der Waals surface area contributed by atoms with Gasteiger partial charge in [0, 0.05) is 29.9 Å². The first-order valence-electron chi connectivity index (χ1n) is 12.9. The van der Waals surface area contributed by atoms with Crippen LogP contribution in [0.15, 0.2) is 54.6 Å². The number of hydrazine groups is 1. The zero-order chi connectivity index (χ0) is 25.6. The topological polar surface area (TPSA) is 101 Å². The van der Waals surface area contributed by atoms with Gasteiger partial charge in [-0.3, -0.25) is 4.79 Å². The molecule has 2 aliphatic rings. The second kappa shape index (κ2) is 11.6. The standard InChI is InChI=1S/C28H34N6O3/c1-36-21-11-13-26(37-2)22(17-21)24-18-25(32-31-24)28(35)29-20-9-7-19(8-10-20)23-12-14-27(33-30-23)34-15-5-3-4-6-16-34/h7-14,17,24-25,31-32H,3-6,15-16,18H2,1-2H3,(H,29,35). The highest BCUT2D eigenvalue weighted by Gasteiger charge is 2.32. The molecule has 0 spiro atoms. The molecule has 0 aliphatic carbocycles. The molecule has 37 heavy (non-hydrogen) atoms. The van der Waals surface area contributed by atoms with E-state index >= 15 is 0 Å². The average molecular weight is 503 g/mol. The first-order chi connectivity index (χ1) is 18.1. The van der Waals surface area contributed by atoms with E-state index in [-0.39, 0.29) is 11.9 Å². The van der Waals surface area contributed by atoms with Crippen molar-refractivity contribution in [2.75, 3.05) is 37.5 Å². The SMILES string of the molecule is COc1ccc(OC)c(C2CC(C(=O)Nc3ccc(-c4ccc(N5CCCCCC5)nn4)cc3)NN2)c1. The molecule has 9 nitrogen and oxygen atoms in total. The summed E-state index contributed by atoms with van der Waals surface area (Å²) in [4.78, 5) is 15.3. The molecule has 2 saturated heterocycles. The molecule has 1 amide bonds. The summed E-state index contributed by atoms with van der Waals surface area (Å²) in [5, 5.41) is 11.9. The highest BCUT2D eigenvalue weighted by molar-refractivity contribution is 5.95. The molecule has 2 aromatic carbocycles. The maximum atomic E-state index is 12.9. The van der Waals surface area contributed by atoms with E-state index in [4.69, 9.17) is 9.47 Å². The first-order valence-corrected chi connectivity index (χ1v) is 12.9. The van der Waals surface area contributed by atoms with Crippen LogP contribution in [-0.2, 0) is 4.79 Å². The van der Waals surface area contributed by atoms with E-state index < -0.39 is 6.04 Å². The molecule has 3 heterocycles. The van der Waals surface area contributed by atoms with Crippen LogP contribution in [0.4, 0.5) is 11.5 Å². The van der Waals surface area contributed by atoms with Gasteiger partial charge in [0.1, 0.15) is 17.5 Å². The molecule has 2 unspecified atom stereocenters. The van der Waals surface area contributed by atoms with Crippen molar-refractivity contribution in [1.29, 1.82) is 0 Å². The van der Waals surface area contributed by atoms with Crippen LogP contribution in [-0.4, -0.2) is 49.5 Å². The van der Waals surface area contributed by atoms with Crippen LogP contribution < -0.4 is 30.5 Å². The van der Waals surface area contributed by atoms with Gasteiger partial charge in [-0.25, -0.2) is 10.9 Å². The molecule has 5 rings (SSSR count). The number of nitrogens with zero attached hydrogens (tertiary/aromatic N) is 3. The Kier molecular flexibility index (Phi) is 7.82. The van der Waals surface area contributed by atoms with Gasteiger partial charge in [0.25, 0.3) is 0 Å². The molecule has 2 atom stereocenters. The highest BCUT2D eigenvalue weighted by Crippen LogP contribution is 2.33. The fraction of sp³-hybridized carbons (Fsp3) is 0.393. The minimum absolute atomic E-state index is 0.0842. The number of methoxy groups -OCH3 is 2. The molecule has 0 saturated carbocycles. The van der Waals surface area contributed by atoms with Crippen LogP contribution >= 0.6 is 0 Å². The number of hydrogen-bond donors (Lipinski definition) is 3. The second-order valence-corrected chi connectivity index (χ2v) is 9.48. The zero-order valence-corrected chi connectivity index (χ0v) is 21.4. The Hall–Kier alpha value is -3.69. The van der Waals surface area contributed by atoms with Gasteiger partial charge in [0.15, 0.2) is 5.82 Å². The Balaban J connectivity index is 1.19. The predicted octanol–water partition coefficient (Wildman–Crippen LogP) is 4.09. The first kappa shape index (κ1) is 25.0. The molecular weight excluding hydrogens is 468 g/mol. The number of carbonyl (C=O) groups excluding carboxylic acids is 1. The zero-order valence-electron chi connectivity index (χ0n) is 21.4. The molecule has 3 aromatic rings. The van der Waals surface area contributed by atoms with Crippen molar-refractivity contribution in [3.8, 4) is 22.8 Å². The van der Waals surface area contributed by atoms with E-state index in [1.807, 2.05) is 48.5 Å². The third kappa shape index (κ3) is 5.84. The fourth-order valence-electron chi connectivity index (χ4n) is 4.95. The lowest BCUT2D eigenvalue weighted by Crippen LogP contribution is -2.39. The number of rotatable bonds is 7. The van der Waals surface area contributed by atoms with E-state index in [0.29, 0.717) is 6.42 Å². The number of hydrogen-bond acceptors (Lipinski definition) is 8. The Morgan fingerprint density at radius 1 is 0.919 bits per heavy atom. The average Bonchev–Trinajstić information content (AvgIpc) is 3.29. The number of benzene rings is 2. The van der Waals surface area contributed by atoms with E-state index in [1.165, 1.54) is 25.7 Å². The molecule has 1 aromatic heterocycles. The molecule has 0 radical (unpaired) electrons. The third-order valence-electron chi connectivity index (χ3n) is 7.06. The summed E-state index contributed by atoms with van der Waals surface area (Å²) < 4.78 is 10.9. The van der Waals surface area contributed by atoms with Gasteiger partial charge in [-0.2, -0.15) is 0 Å². The van der Waals surface area contributed by atoms with Crippen LogP contribution in [0.3, 0.4) is 0 Å². The predicted molar refractivity (Wildman–Crippen MR) is 144 cm³/mol. The minimum Gasteiger partial charge on any atom is -0.497 e. The monoisotopic (exact) mass is 502 g/mol. The maximum absolute atomic E-state index is 12.9. The van der Waals surface area contributed by atoms with Gasteiger partial charge in [-0.1, -0.05) is 25.0 Å². The van der Waals surface area contributed by atoms with Gasteiger partial charge >= 0.3 is 0 Å². The van der Waals surface area contributed by atoms with Crippen LogP contribution in [0.25, 0.3) is 11.3 Å². The van der Waals surface area contributed by atoms with E-state index in [2.05, 4.69) is 37.3 Å². The van der Waals surface area contributed by atoms with Gasteiger partial charge in [-0.15, -0.1) is 10.2 Å². The van der Waals surface area contributed by atoms with Gasteiger partial charge in [0.05, 0.1) is 26.0 Å².